The maximum Gasteiger partial charge on any atom is 0.312 e. The summed E-state index contributed by atoms with van der Waals surface area (Å²) in [7, 11) is 3.13. The second kappa shape index (κ2) is 20.2. The highest BCUT2D eigenvalue weighted by Gasteiger charge is 2.49. The topological polar surface area (TPSA) is 223 Å². The molecule has 17 nitrogen and oxygen atoms in total. The van der Waals surface area contributed by atoms with Gasteiger partial charge in [0.2, 0.25) is 0 Å². The van der Waals surface area contributed by atoms with Crippen molar-refractivity contribution >= 4 is 56.0 Å². The van der Waals surface area contributed by atoms with Crippen molar-refractivity contribution in [2.75, 3.05) is 70.4 Å². The van der Waals surface area contributed by atoms with Crippen LogP contribution in [0.1, 0.15) is 70.0 Å². The van der Waals surface area contributed by atoms with Gasteiger partial charge in [-0.25, -0.2) is 4.98 Å². The zero-order valence-corrected chi connectivity index (χ0v) is 40.8. The van der Waals surface area contributed by atoms with Crippen LogP contribution in [-0.4, -0.2) is 132 Å². The molecule has 0 aliphatic carbocycles. The summed E-state index contributed by atoms with van der Waals surface area (Å²) in [5.41, 5.74) is 1.03. The lowest BCUT2D eigenvalue weighted by Gasteiger charge is -2.36. The molecule has 0 spiro atoms. The average molecular weight is 943 g/mol. The highest BCUT2D eigenvalue weighted by Crippen LogP contribution is 2.50. The van der Waals surface area contributed by atoms with Gasteiger partial charge in [-0.1, -0.05) is 45.9 Å². The number of aliphatic hydroxyl groups is 3. The van der Waals surface area contributed by atoms with E-state index in [1.54, 1.807) is 53.9 Å². The summed E-state index contributed by atoms with van der Waals surface area (Å²) in [6.45, 7) is 19.5. The molecule has 17 heteroatoms. The summed E-state index contributed by atoms with van der Waals surface area (Å²) in [5.74, 6) is -6.25. The first-order valence-electron chi connectivity index (χ1n) is 23.3. The van der Waals surface area contributed by atoms with Gasteiger partial charge in [0.1, 0.15) is 22.5 Å². The van der Waals surface area contributed by atoms with E-state index in [0.717, 1.165) is 25.2 Å². The van der Waals surface area contributed by atoms with E-state index in [0.29, 0.717) is 36.6 Å². The summed E-state index contributed by atoms with van der Waals surface area (Å²) in [4.78, 5) is 53.5. The Hall–Kier alpha value is -5.56. The molecular formula is C51H66N4O13. The second-order valence-corrected chi connectivity index (χ2v) is 18.6. The fraction of sp³-hybridized carbons (Fsp3) is 0.529. The number of hydrogen-bond donors (Lipinski definition) is 5. The summed E-state index contributed by atoms with van der Waals surface area (Å²) < 4.78 is 36.5. The zero-order chi connectivity index (χ0) is 49.5. The molecule has 0 unspecified atom stereocenters. The number of carbonyl (C=O) groups excluding carboxylic acids is 2. The Morgan fingerprint density at radius 1 is 0.897 bits per heavy atom. The number of aliphatic hydroxyl groups excluding tert-OH is 3. The first kappa shape index (κ1) is 50.3. The monoisotopic (exact) mass is 942 g/mol. The molecule has 3 aromatic carbocycles. The number of aromatic nitrogens is 1. The third-order valence-corrected chi connectivity index (χ3v) is 14.1. The lowest BCUT2D eigenvalue weighted by atomic mass is 9.78. The highest BCUT2D eigenvalue weighted by atomic mass is 16.7. The molecule has 68 heavy (non-hydrogen) atoms. The highest BCUT2D eigenvalue weighted by molar-refractivity contribution is 6.26. The van der Waals surface area contributed by atoms with Gasteiger partial charge >= 0.3 is 5.79 Å². The number of rotatable bonds is 7. The third-order valence-electron chi connectivity index (χ3n) is 14.1. The number of amides is 1. The zero-order valence-electron chi connectivity index (χ0n) is 40.8. The van der Waals surface area contributed by atoms with Crippen molar-refractivity contribution in [3.8, 4) is 17.2 Å². The quantitative estimate of drug-likeness (QED) is 0.0827. The second-order valence-electron chi connectivity index (χ2n) is 18.6. The van der Waals surface area contributed by atoms with Gasteiger partial charge in [-0.15, -0.1) is 0 Å². The summed E-state index contributed by atoms with van der Waals surface area (Å²) in [6.07, 6.45) is 3.54. The predicted octanol–water partition coefficient (Wildman–Crippen LogP) is 5.90. The van der Waals surface area contributed by atoms with Crippen LogP contribution in [0.4, 0.5) is 11.4 Å². The number of allylic oxidation sites excluding steroid dienone is 2. The van der Waals surface area contributed by atoms with Gasteiger partial charge in [-0.05, 0) is 45.4 Å². The lowest BCUT2D eigenvalue weighted by Crippen LogP contribution is -2.47. The Morgan fingerprint density at radius 3 is 2.24 bits per heavy atom. The van der Waals surface area contributed by atoms with Gasteiger partial charge in [0.15, 0.2) is 28.1 Å². The number of carbonyl (C=O) groups is 2. The van der Waals surface area contributed by atoms with Gasteiger partial charge in [-0.3, -0.25) is 19.3 Å². The smallest absolute Gasteiger partial charge is 0.312 e. The van der Waals surface area contributed by atoms with E-state index >= 15 is 0 Å². The number of nitrogens with zero attached hydrogens (tertiary/aromatic N) is 3. The van der Waals surface area contributed by atoms with E-state index in [-0.39, 0.29) is 62.2 Å². The standard InChI is InChI=1S/C51H66N4O13/c1-12-65-45-27(4)24-32(55-19-17-54(18-20-55)21-23-63-10)37-48(45)67-47-38(52-37)34-35-43(59)31(8)46-36(34)49(61)51(9,68-46)66-22-16-33(64-11)28(5)41(57)30(7)42(58)29(6)40(56)25(2)14-13-15-26(3)50(62)53-39(47)44(35)60/h13-16,22,24-25,28-30,33,40-42,56-58,60H,12,17-21,23H2,1-11H3,(H,53,62)/b14-13+,22-16+,26-15-/t25-,28+,29+,30-,33-,40-,41+,42+,51-/m0/s1. The minimum absolute atomic E-state index is 0.000530. The van der Waals surface area contributed by atoms with Gasteiger partial charge < -0.3 is 58.7 Å². The van der Waals surface area contributed by atoms with Crippen LogP contribution in [0.25, 0.3) is 33.0 Å². The molecule has 3 aliphatic rings. The normalized spacial score (nSPS) is 29.5. The van der Waals surface area contributed by atoms with Crippen LogP contribution < -0.4 is 25.1 Å². The number of phenolic OH excluding ortho intramolecular Hbond substituents is 1. The summed E-state index contributed by atoms with van der Waals surface area (Å²) >= 11 is 0. The van der Waals surface area contributed by atoms with Crippen LogP contribution in [0, 0.1) is 37.5 Å². The van der Waals surface area contributed by atoms with Crippen molar-refractivity contribution in [2.45, 2.75) is 92.5 Å². The third kappa shape index (κ3) is 9.07. The van der Waals surface area contributed by atoms with Crippen LogP contribution >= 0.6 is 0 Å². The molecule has 9 atom stereocenters. The van der Waals surface area contributed by atoms with E-state index in [1.807, 2.05) is 19.9 Å². The maximum atomic E-state index is 15.0. The Morgan fingerprint density at radius 2 is 1.57 bits per heavy atom. The number of Topliss-reactive ketones (excluding diaryl/α,β-unsaturated/α-hetero) is 1. The molecule has 3 aliphatic heterocycles. The molecule has 0 radical (unpaired) electrons. The number of aryl methyl sites for hydroxylation is 1. The lowest BCUT2D eigenvalue weighted by molar-refractivity contribution is -0.112. The van der Waals surface area contributed by atoms with Crippen molar-refractivity contribution in [2.24, 2.45) is 23.7 Å². The van der Waals surface area contributed by atoms with Crippen molar-refractivity contribution in [3.63, 3.8) is 0 Å². The molecule has 1 saturated heterocycles. The van der Waals surface area contributed by atoms with Crippen molar-refractivity contribution in [1.29, 1.82) is 0 Å². The number of ketones is 1. The van der Waals surface area contributed by atoms with E-state index < -0.39 is 76.7 Å². The van der Waals surface area contributed by atoms with E-state index in [4.69, 9.17) is 33.1 Å². The Labute approximate surface area is 395 Å². The number of piperazine rings is 1. The summed E-state index contributed by atoms with van der Waals surface area (Å²) in [5, 5.41) is 49.0. The molecule has 4 heterocycles. The molecule has 1 fully saturated rings. The van der Waals surface area contributed by atoms with Gasteiger partial charge in [0.25, 0.3) is 11.7 Å². The van der Waals surface area contributed by atoms with E-state index in [1.165, 1.54) is 39.4 Å². The Kier molecular flexibility index (Phi) is 14.9. The molecular weight excluding hydrogens is 877 g/mol. The SMILES string of the molecule is CCOc1c(C)cc(N2CCN(CCOC)CC2)c2nc3c(oc12)c1c(O)c2c(=O)c(C)c4c(c23)C(=O)[C@@](C)(O/C=C/[C@H](OC)[C@@H](C)[C@@H](O)[C@H](C)[C@H](O)[C@H](C)[C@@H](O)[C@@H](C)/C=C/C=C(/C)C(=O)N1)O4. The number of anilines is 2. The van der Waals surface area contributed by atoms with E-state index in [2.05, 4.69) is 15.1 Å². The number of hydrogen-bond acceptors (Lipinski definition) is 16. The number of methoxy groups -OCH3 is 2. The Balaban J connectivity index is 1.50. The number of benzene rings is 3. The van der Waals surface area contributed by atoms with Gasteiger partial charge in [0.05, 0.1) is 60.5 Å². The fourth-order valence-electron chi connectivity index (χ4n) is 9.65. The van der Waals surface area contributed by atoms with Gasteiger partial charge in [0, 0.05) is 94.1 Å². The van der Waals surface area contributed by atoms with Crippen LogP contribution in [-0.2, 0) is 19.0 Å². The van der Waals surface area contributed by atoms with E-state index in [9.17, 15) is 34.8 Å². The van der Waals surface area contributed by atoms with Crippen molar-refractivity contribution in [1.82, 2.24) is 9.88 Å². The molecule has 0 saturated carbocycles. The molecule has 368 valence electrons. The number of fused-ring (bicyclic) bond motifs is 5. The average Bonchev–Trinajstić information content (AvgIpc) is 3.59. The molecule has 5 N–H and O–H groups in total. The van der Waals surface area contributed by atoms with Crippen LogP contribution in [0.15, 0.2) is 51.4 Å². The number of nitrogens with one attached hydrogen (secondary N) is 1. The van der Waals surface area contributed by atoms with Crippen LogP contribution in [0.3, 0.4) is 0 Å². The van der Waals surface area contributed by atoms with Crippen LogP contribution in [0.5, 0.6) is 17.2 Å². The predicted molar refractivity (Wildman–Crippen MR) is 259 cm³/mol. The number of ether oxygens (including phenoxy) is 5. The molecule has 7 rings (SSSR count). The Bertz CT molecular complexity index is 2740. The first-order chi connectivity index (χ1) is 32.3. The maximum absolute atomic E-state index is 15.0. The number of phenols is 1. The number of aromatic hydroxyl groups is 1. The molecule has 4 aromatic rings. The minimum atomic E-state index is -2.05. The minimum Gasteiger partial charge on any atom is -0.505 e. The summed E-state index contributed by atoms with van der Waals surface area (Å²) in [6, 6.07) is 1.97. The van der Waals surface area contributed by atoms with Gasteiger partial charge in [-0.2, -0.15) is 0 Å². The first-order valence-corrected chi connectivity index (χ1v) is 23.3. The van der Waals surface area contributed by atoms with Crippen molar-refractivity contribution in [3.05, 3.63) is 69.1 Å². The molecule has 5 bridgehead atoms. The fourth-order valence-corrected chi connectivity index (χ4v) is 9.65. The van der Waals surface area contributed by atoms with Crippen LogP contribution in [0.2, 0.25) is 0 Å². The molecule has 1 amide bonds. The van der Waals surface area contributed by atoms with Crippen molar-refractivity contribution < 1.29 is 58.1 Å². The largest absolute Gasteiger partial charge is 0.505 e. The molecule has 1 aromatic heterocycles.